The maximum atomic E-state index is 13.5. The number of aromatic hydroxyl groups is 1. The minimum absolute atomic E-state index is 0.0297. The van der Waals surface area contributed by atoms with E-state index in [1.807, 2.05) is 79.9 Å². The first-order valence-electron chi connectivity index (χ1n) is 11.4. The van der Waals surface area contributed by atoms with Gasteiger partial charge in [0.05, 0.1) is 30.7 Å². The van der Waals surface area contributed by atoms with Gasteiger partial charge in [0.2, 0.25) is 5.62 Å². The number of hydrogen-bond donors (Lipinski definition) is 2. The number of methoxy groups -OCH3 is 1. The predicted molar refractivity (Wildman–Crippen MR) is 133 cm³/mol. The SMILES string of the molecule is COCc1cc(C(=O)Cn2c(=N)n(Cc3ccccc3)c3ccccc32)cc(C(C)(C)C)c1O. The molecule has 0 amide bonds. The molecule has 4 rings (SSSR count). The molecule has 0 saturated heterocycles. The van der Waals surface area contributed by atoms with E-state index in [2.05, 4.69) is 0 Å². The molecule has 34 heavy (non-hydrogen) atoms. The van der Waals surface area contributed by atoms with Crippen LogP contribution in [0.1, 0.15) is 47.8 Å². The summed E-state index contributed by atoms with van der Waals surface area (Å²) >= 11 is 0. The summed E-state index contributed by atoms with van der Waals surface area (Å²) in [5.74, 6) is 0.0446. The topological polar surface area (TPSA) is 80.2 Å². The number of para-hydroxylation sites is 2. The van der Waals surface area contributed by atoms with Crippen molar-refractivity contribution in [3.05, 3.63) is 94.6 Å². The Kier molecular flexibility index (Phi) is 6.44. The number of Topliss-reactive ketones (excluding diaryl/α,β-unsaturated/α-hetero) is 1. The Morgan fingerprint density at radius 2 is 1.59 bits per heavy atom. The Bertz CT molecular complexity index is 1390. The molecule has 0 unspecified atom stereocenters. The Labute approximate surface area is 199 Å². The summed E-state index contributed by atoms with van der Waals surface area (Å²) in [6, 6.07) is 21.3. The largest absolute Gasteiger partial charge is 0.507 e. The van der Waals surface area contributed by atoms with Crippen molar-refractivity contribution in [3.63, 3.8) is 0 Å². The van der Waals surface area contributed by atoms with Gasteiger partial charge in [-0.15, -0.1) is 0 Å². The number of hydrogen-bond acceptors (Lipinski definition) is 4. The molecule has 1 aromatic heterocycles. The van der Waals surface area contributed by atoms with E-state index in [-0.39, 0.29) is 35.7 Å². The van der Waals surface area contributed by atoms with Crippen molar-refractivity contribution in [1.82, 2.24) is 9.13 Å². The normalized spacial score (nSPS) is 11.8. The molecule has 0 saturated carbocycles. The fraction of sp³-hybridized carbons (Fsp3) is 0.286. The van der Waals surface area contributed by atoms with Crippen LogP contribution in [-0.2, 0) is 29.8 Å². The number of phenols is 1. The number of ether oxygens (including phenoxy) is 1. The number of nitrogens with one attached hydrogen (secondary N) is 1. The van der Waals surface area contributed by atoms with Crippen LogP contribution in [0.3, 0.4) is 0 Å². The van der Waals surface area contributed by atoms with Crippen molar-refractivity contribution in [3.8, 4) is 5.75 Å². The Balaban J connectivity index is 1.76. The van der Waals surface area contributed by atoms with Crippen LogP contribution in [0.4, 0.5) is 0 Å². The second-order valence-corrected chi connectivity index (χ2v) is 9.61. The first-order valence-corrected chi connectivity index (χ1v) is 11.4. The van der Waals surface area contributed by atoms with Crippen LogP contribution in [-0.4, -0.2) is 27.1 Å². The van der Waals surface area contributed by atoms with E-state index in [1.165, 1.54) is 0 Å². The summed E-state index contributed by atoms with van der Waals surface area (Å²) in [6.07, 6.45) is 0. The second kappa shape index (κ2) is 9.31. The van der Waals surface area contributed by atoms with Crippen LogP contribution >= 0.6 is 0 Å². The van der Waals surface area contributed by atoms with Crippen molar-refractivity contribution in [1.29, 1.82) is 5.41 Å². The maximum Gasteiger partial charge on any atom is 0.203 e. The third kappa shape index (κ3) is 4.54. The smallest absolute Gasteiger partial charge is 0.203 e. The zero-order valence-corrected chi connectivity index (χ0v) is 20.1. The Morgan fingerprint density at radius 3 is 2.21 bits per heavy atom. The van der Waals surface area contributed by atoms with Gasteiger partial charge < -0.3 is 19.0 Å². The summed E-state index contributed by atoms with van der Waals surface area (Å²) in [5, 5.41) is 19.6. The van der Waals surface area contributed by atoms with Gasteiger partial charge in [0.15, 0.2) is 5.78 Å². The van der Waals surface area contributed by atoms with Gasteiger partial charge in [0.25, 0.3) is 0 Å². The number of nitrogens with zero attached hydrogens (tertiary/aromatic N) is 2. The van der Waals surface area contributed by atoms with Crippen molar-refractivity contribution in [2.24, 2.45) is 0 Å². The summed E-state index contributed by atoms with van der Waals surface area (Å²) in [7, 11) is 1.56. The summed E-state index contributed by atoms with van der Waals surface area (Å²) in [5.41, 5.74) is 4.55. The highest BCUT2D eigenvalue weighted by Crippen LogP contribution is 2.35. The van der Waals surface area contributed by atoms with Crippen LogP contribution < -0.4 is 5.62 Å². The molecule has 4 aromatic rings. The molecule has 0 aliphatic rings. The third-order valence-corrected chi connectivity index (χ3v) is 6.08. The van der Waals surface area contributed by atoms with Gasteiger partial charge in [0.1, 0.15) is 5.75 Å². The van der Waals surface area contributed by atoms with E-state index in [1.54, 1.807) is 23.8 Å². The van der Waals surface area contributed by atoms with Gasteiger partial charge in [-0.2, -0.15) is 0 Å². The van der Waals surface area contributed by atoms with Crippen LogP contribution in [0.5, 0.6) is 5.75 Å². The molecule has 3 aromatic carbocycles. The number of carbonyl (C=O) groups excluding carboxylic acids is 1. The lowest BCUT2D eigenvalue weighted by molar-refractivity contribution is 0.0971. The number of imidazole rings is 1. The quantitative estimate of drug-likeness (QED) is 0.383. The Morgan fingerprint density at radius 1 is 0.971 bits per heavy atom. The monoisotopic (exact) mass is 457 g/mol. The Hall–Kier alpha value is -3.64. The van der Waals surface area contributed by atoms with E-state index in [4.69, 9.17) is 10.1 Å². The highest BCUT2D eigenvalue weighted by molar-refractivity contribution is 5.97. The lowest BCUT2D eigenvalue weighted by Crippen LogP contribution is -2.28. The summed E-state index contributed by atoms with van der Waals surface area (Å²) in [4.78, 5) is 13.5. The van der Waals surface area contributed by atoms with E-state index >= 15 is 0 Å². The molecule has 0 aliphatic carbocycles. The van der Waals surface area contributed by atoms with Crippen molar-refractivity contribution in [2.75, 3.05) is 7.11 Å². The second-order valence-electron chi connectivity index (χ2n) is 9.61. The summed E-state index contributed by atoms with van der Waals surface area (Å²) in [6.45, 7) is 6.79. The van der Waals surface area contributed by atoms with Gasteiger partial charge in [-0.1, -0.05) is 63.2 Å². The van der Waals surface area contributed by atoms with Crippen molar-refractivity contribution >= 4 is 16.8 Å². The minimum Gasteiger partial charge on any atom is -0.507 e. The van der Waals surface area contributed by atoms with Gasteiger partial charge in [-0.25, -0.2) is 0 Å². The number of rotatable bonds is 7. The summed E-state index contributed by atoms with van der Waals surface area (Å²) < 4.78 is 8.93. The number of phenolic OH excluding ortho intramolecular Hbond substituents is 1. The number of fused-ring (bicyclic) bond motifs is 1. The van der Waals surface area contributed by atoms with E-state index in [9.17, 15) is 9.90 Å². The molecule has 0 bridgehead atoms. The molecule has 2 N–H and O–H groups in total. The van der Waals surface area contributed by atoms with E-state index in [0.29, 0.717) is 23.2 Å². The third-order valence-electron chi connectivity index (χ3n) is 6.08. The molecule has 0 aliphatic heterocycles. The van der Waals surface area contributed by atoms with Gasteiger partial charge in [-0.05, 0) is 35.2 Å². The minimum atomic E-state index is -0.345. The molecule has 6 heteroatoms. The number of ketones is 1. The molecule has 0 spiro atoms. The van der Waals surface area contributed by atoms with Crippen LogP contribution in [0.2, 0.25) is 0 Å². The highest BCUT2D eigenvalue weighted by atomic mass is 16.5. The fourth-order valence-electron chi connectivity index (χ4n) is 4.31. The average molecular weight is 458 g/mol. The molecule has 1 heterocycles. The number of carbonyl (C=O) groups is 1. The molecular weight excluding hydrogens is 426 g/mol. The van der Waals surface area contributed by atoms with Gasteiger partial charge >= 0.3 is 0 Å². The van der Waals surface area contributed by atoms with Crippen LogP contribution in [0, 0.1) is 5.41 Å². The molecular formula is C28H31N3O3. The predicted octanol–water partition coefficient (Wildman–Crippen LogP) is 5.00. The van der Waals surface area contributed by atoms with Crippen LogP contribution in [0.15, 0.2) is 66.7 Å². The average Bonchev–Trinajstić information content (AvgIpc) is 3.06. The number of benzene rings is 3. The number of aromatic nitrogens is 2. The first-order chi connectivity index (χ1) is 16.2. The van der Waals surface area contributed by atoms with E-state index < -0.39 is 0 Å². The molecule has 0 atom stereocenters. The van der Waals surface area contributed by atoms with Gasteiger partial charge in [-0.3, -0.25) is 10.2 Å². The van der Waals surface area contributed by atoms with E-state index in [0.717, 1.165) is 16.6 Å². The highest BCUT2D eigenvalue weighted by Gasteiger charge is 2.24. The zero-order valence-electron chi connectivity index (χ0n) is 20.1. The fourth-order valence-corrected chi connectivity index (χ4v) is 4.31. The lowest BCUT2D eigenvalue weighted by atomic mass is 9.83. The standard InChI is InChI=1S/C28H31N3O3/c1-28(2,3)22-15-20(14-21(18-34-4)26(22)33)25(32)17-31-24-13-9-8-12-23(24)30(27(31)29)16-19-10-6-5-7-11-19/h5-15,29,33H,16-18H2,1-4H3. The molecule has 6 nitrogen and oxygen atoms in total. The van der Waals surface area contributed by atoms with Gasteiger partial charge in [0, 0.05) is 23.8 Å². The maximum absolute atomic E-state index is 13.5. The van der Waals surface area contributed by atoms with Crippen LogP contribution in [0.25, 0.3) is 11.0 Å². The first kappa shape index (κ1) is 23.5. The molecule has 176 valence electrons. The van der Waals surface area contributed by atoms with Crippen molar-refractivity contribution in [2.45, 2.75) is 45.9 Å². The molecule has 0 radical (unpaired) electrons. The van der Waals surface area contributed by atoms with Crippen molar-refractivity contribution < 1.29 is 14.6 Å². The lowest BCUT2D eigenvalue weighted by Gasteiger charge is -2.23. The zero-order chi connectivity index (χ0) is 24.5. The molecule has 0 fully saturated rings.